The summed E-state index contributed by atoms with van der Waals surface area (Å²) in [6, 6.07) is 1.25. The highest BCUT2D eigenvalue weighted by Crippen LogP contribution is 2.60. The van der Waals surface area contributed by atoms with Crippen LogP contribution in [0.25, 0.3) is 0 Å². The summed E-state index contributed by atoms with van der Waals surface area (Å²) >= 11 is 0. The van der Waals surface area contributed by atoms with Gasteiger partial charge in [-0.1, -0.05) is 130 Å². The Labute approximate surface area is 355 Å². The Kier molecular flexibility index (Phi) is 26.2. The van der Waals surface area contributed by atoms with Gasteiger partial charge in [0.2, 0.25) is 0 Å². The number of esters is 2. The van der Waals surface area contributed by atoms with Crippen LogP contribution in [-0.4, -0.2) is 85.7 Å². The molecule has 6 N–H and O–H groups in total. The number of aliphatic hydroxyl groups excluding tert-OH is 2. The van der Waals surface area contributed by atoms with Crippen molar-refractivity contribution in [1.82, 2.24) is 9.55 Å². The Morgan fingerprint density at radius 3 is 1.90 bits per heavy atom. The summed E-state index contributed by atoms with van der Waals surface area (Å²) < 4.78 is 56.5. The van der Waals surface area contributed by atoms with E-state index in [0.29, 0.717) is 18.8 Å². The van der Waals surface area contributed by atoms with Crippen molar-refractivity contribution in [2.75, 3.05) is 25.6 Å². The minimum absolute atomic E-state index is 0.0519. The van der Waals surface area contributed by atoms with Crippen molar-refractivity contribution in [2.45, 2.75) is 187 Å². The molecule has 4 unspecified atom stereocenters. The molecule has 0 saturated carbocycles. The van der Waals surface area contributed by atoms with E-state index in [0.717, 1.165) is 74.5 Å². The average molecular weight is 898 g/mol. The standard InChI is InChI=1S/C40H73N3O15P2/c1-5-31(4)22-18-14-11-12-16-20-24-36(45)56-32(27-53-35(44)23-19-15-10-8-6-7-9-13-17-21-30(2)3)28-54-59(49,50)58-60(51,52)55-29-33-37(46)38(47)39(57-33)43-26-25-34(41)42-40(43)48/h25-26,30-33,37-39,46-47H,5-24,27-29H2,1-4H3,(H,49,50)(H,51,52)(H2,41,42,48)/t31?,32-,33-,37+,38?,39-/m1/s1. The molecule has 2 heterocycles. The van der Waals surface area contributed by atoms with Crippen LogP contribution in [0.1, 0.15) is 162 Å². The van der Waals surface area contributed by atoms with Gasteiger partial charge in [-0.2, -0.15) is 9.29 Å². The van der Waals surface area contributed by atoms with Crippen molar-refractivity contribution >= 4 is 33.4 Å². The van der Waals surface area contributed by atoms with E-state index >= 15 is 0 Å². The van der Waals surface area contributed by atoms with Crippen molar-refractivity contribution in [3.63, 3.8) is 0 Å². The third kappa shape index (κ3) is 23.3. The number of nitrogen functional groups attached to an aromatic ring is 1. The van der Waals surface area contributed by atoms with Gasteiger partial charge in [-0.05, 0) is 30.7 Å². The first-order valence-corrected chi connectivity index (χ1v) is 24.8. The normalized spacial score (nSPS) is 21.0. The van der Waals surface area contributed by atoms with E-state index in [9.17, 15) is 43.5 Å². The van der Waals surface area contributed by atoms with Crippen LogP contribution in [0, 0.1) is 11.8 Å². The number of hydrogen-bond acceptors (Lipinski definition) is 15. The molecule has 1 aromatic rings. The molecular formula is C40H73N3O15P2. The van der Waals surface area contributed by atoms with Gasteiger partial charge in [-0.3, -0.25) is 23.2 Å². The second-order valence-corrected chi connectivity index (χ2v) is 19.3. The summed E-state index contributed by atoms with van der Waals surface area (Å²) in [6.45, 7) is 6.62. The highest BCUT2D eigenvalue weighted by molar-refractivity contribution is 7.61. The number of aromatic nitrogens is 2. The molecule has 0 bridgehead atoms. The summed E-state index contributed by atoms with van der Waals surface area (Å²) in [6.07, 6.45) is 12.6. The number of ether oxygens (including phenoxy) is 3. The fraction of sp³-hybridized carbons (Fsp3) is 0.850. The van der Waals surface area contributed by atoms with Gasteiger partial charge >= 0.3 is 33.3 Å². The second-order valence-electron chi connectivity index (χ2n) is 16.3. The first-order valence-electron chi connectivity index (χ1n) is 21.8. The zero-order valence-corrected chi connectivity index (χ0v) is 37.9. The van der Waals surface area contributed by atoms with Gasteiger partial charge < -0.3 is 39.9 Å². The molecule has 1 aliphatic rings. The summed E-state index contributed by atoms with van der Waals surface area (Å²) in [5.41, 5.74) is 4.57. The molecule has 60 heavy (non-hydrogen) atoms. The van der Waals surface area contributed by atoms with E-state index in [1.165, 1.54) is 51.0 Å². The van der Waals surface area contributed by atoms with Gasteiger partial charge in [-0.25, -0.2) is 13.9 Å². The van der Waals surface area contributed by atoms with E-state index in [2.05, 4.69) is 37.0 Å². The van der Waals surface area contributed by atoms with Crippen LogP contribution in [-0.2, 0) is 46.3 Å². The fourth-order valence-electron chi connectivity index (χ4n) is 6.59. The number of carbonyl (C=O) groups excluding carboxylic acids is 2. The Hall–Kier alpha value is -2.24. The maximum Gasteiger partial charge on any atom is 0.481 e. The van der Waals surface area contributed by atoms with E-state index in [1.807, 2.05) is 0 Å². The van der Waals surface area contributed by atoms with Crippen LogP contribution in [0.4, 0.5) is 5.82 Å². The summed E-state index contributed by atoms with van der Waals surface area (Å²) in [5.74, 6) is 0.160. The van der Waals surface area contributed by atoms with Crippen molar-refractivity contribution in [3.8, 4) is 0 Å². The quantitative estimate of drug-likeness (QED) is 0.0259. The molecule has 1 aromatic heterocycles. The number of nitrogens with two attached hydrogens (primary N) is 1. The van der Waals surface area contributed by atoms with Crippen LogP contribution >= 0.6 is 15.6 Å². The fourth-order valence-corrected chi connectivity index (χ4v) is 8.70. The largest absolute Gasteiger partial charge is 0.481 e. The number of rotatable bonds is 34. The Bertz CT molecular complexity index is 1530. The second kappa shape index (κ2) is 29.2. The summed E-state index contributed by atoms with van der Waals surface area (Å²) in [5, 5.41) is 20.8. The van der Waals surface area contributed by atoms with Gasteiger partial charge in [0, 0.05) is 19.0 Å². The van der Waals surface area contributed by atoms with Gasteiger partial charge in [0.05, 0.1) is 13.2 Å². The van der Waals surface area contributed by atoms with Crippen LogP contribution in [0.5, 0.6) is 0 Å². The van der Waals surface area contributed by atoms with Crippen LogP contribution in [0.15, 0.2) is 17.1 Å². The number of hydrogen-bond donors (Lipinski definition) is 5. The Balaban J connectivity index is 1.85. The topological polar surface area (TPSA) is 265 Å². The number of anilines is 1. The molecule has 0 aromatic carbocycles. The monoisotopic (exact) mass is 897 g/mol. The van der Waals surface area contributed by atoms with Crippen molar-refractivity contribution in [1.29, 1.82) is 0 Å². The van der Waals surface area contributed by atoms with E-state index in [-0.39, 0.29) is 18.7 Å². The number of aliphatic hydroxyl groups is 2. The van der Waals surface area contributed by atoms with Gasteiger partial charge in [0.25, 0.3) is 0 Å². The minimum atomic E-state index is -5.41. The van der Waals surface area contributed by atoms with Gasteiger partial charge in [0.1, 0.15) is 30.7 Å². The van der Waals surface area contributed by atoms with E-state index in [1.54, 1.807) is 0 Å². The SMILES string of the molecule is CCC(C)CCCCCCCCC(=O)O[C@H](COC(=O)CCCCCCCCCCCC(C)C)COP(=O)(O)OP(=O)(O)OC[C@H]1O[C@@H](n2ccc(N)nc2=O)C(O)[C@H]1O. The van der Waals surface area contributed by atoms with E-state index in [4.69, 9.17) is 29.0 Å². The highest BCUT2D eigenvalue weighted by atomic mass is 31.3. The molecule has 20 heteroatoms. The lowest BCUT2D eigenvalue weighted by molar-refractivity contribution is -0.161. The molecule has 8 atom stereocenters. The number of phosphoric acid groups is 2. The summed E-state index contributed by atoms with van der Waals surface area (Å²) in [7, 11) is -10.8. The van der Waals surface area contributed by atoms with Crippen LogP contribution in [0.2, 0.25) is 0 Å². The zero-order chi connectivity index (χ0) is 44.6. The Morgan fingerprint density at radius 1 is 0.800 bits per heavy atom. The molecule has 0 radical (unpaired) electrons. The maximum atomic E-state index is 12.8. The number of nitrogens with zero attached hydrogens (tertiary/aromatic N) is 2. The van der Waals surface area contributed by atoms with E-state index < -0.39 is 83.7 Å². The predicted molar refractivity (Wildman–Crippen MR) is 224 cm³/mol. The number of carbonyl (C=O) groups is 2. The minimum Gasteiger partial charge on any atom is -0.462 e. The zero-order valence-electron chi connectivity index (χ0n) is 36.1. The van der Waals surface area contributed by atoms with Gasteiger partial charge in [0.15, 0.2) is 12.3 Å². The molecule has 18 nitrogen and oxygen atoms in total. The number of unbranched alkanes of at least 4 members (excludes halogenated alkanes) is 13. The highest BCUT2D eigenvalue weighted by Gasteiger charge is 2.46. The number of phosphoric ester groups is 2. The lowest BCUT2D eigenvalue weighted by atomic mass is 10.00. The molecule has 2 rings (SSSR count). The third-order valence-electron chi connectivity index (χ3n) is 10.4. The smallest absolute Gasteiger partial charge is 0.462 e. The molecule has 348 valence electrons. The van der Waals surface area contributed by atoms with Crippen LogP contribution in [0.3, 0.4) is 0 Å². The lowest BCUT2D eigenvalue weighted by Crippen LogP contribution is -2.36. The third-order valence-corrected chi connectivity index (χ3v) is 13.0. The first kappa shape index (κ1) is 53.9. The first-order chi connectivity index (χ1) is 28.4. The molecule has 1 fully saturated rings. The molecular weight excluding hydrogens is 824 g/mol. The molecule has 0 spiro atoms. The van der Waals surface area contributed by atoms with Gasteiger partial charge in [-0.15, -0.1) is 0 Å². The summed E-state index contributed by atoms with van der Waals surface area (Å²) in [4.78, 5) is 61.5. The maximum absolute atomic E-state index is 12.8. The molecule has 0 aliphatic carbocycles. The average Bonchev–Trinajstić information content (AvgIpc) is 3.46. The molecule has 1 saturated heterocycles. The van der Waals surface area contributed by atoms with Crippen LogP contribution < -0.4 is 11.4 Å². The lowest BCUT2D eigenvalue weighted by Gasteiger charge is -2.21. The van der Waals surface area contributed by atoms with Crippen molar-refractivity contribution in [3.05, 3.63) is 22.7 Å². The Morgan fingerprint density at radius 2 is 1.33 bits per heavy atom. The van der Waals surface area contributed by atoms with Crippen molar-refractivity contribution in [2.24, 2.45) is 11.8 Å². The van der Waals surface area contributed by atoms with Crippen molar-refractivity contribution < 1.29 is 66.3 Å². The molecule has 1 aliphatic heterocycles. The predicted octanol–water partition coefficient (Wildman–Crippen LogP) is 7.26. The molecule has 0 amide bonds.